The number of hydrogen-bond donors (Lipinski definition) is 0. The molecule has 0 bridgehead atoms. The van der Waals surface area contributed by atoms with Crippen LogP contribution in [0.3, 0.4) is 0 Å². The van der Waals surface area contributed by atoms with Gasteiger partial charge >= 0.3 is 6.18 Å². The summed E-state index contributed by atoms with van der Waals surface area (Å²) in [5, 5.41) is 3.98. The van der Waals surface area contributed by atoms with Gasteiger partial charge in [-0.25, -0.2) is 4.39 Å². The molecule has 0 radical (unpaired) electrons. The minimum atomic E-state index is -4.47. The number of allylic oxidation sites excluding steroid dienone is 1. The molecule has 0 saturated heterocycles. The van der Waals surface area contributed by atoms with Crippen molar-refractivity contribution in [2.24, 2.45) is 5.10 Å². The molecule has 3 rings (SSSR count). The van der Waals surface area contributed by atoms with Crippen LogP contribution in [0.15, 0.2) is 41.5 Å². The summed E-state index contributed by atoms with van der Waals surface area (Å²) in [5.41, 5.74) is 2.98. The van der Waals surface area contributed by atoms with Crippen molar-refractivity contribution >= 4 is 12.6 Å². The van der Waals surface area contributed by atoms with E-state index < -0.39 is 19.4 Å². The number of hydrazone groups is 1. The molecule has 0 saturated carbocycles. The van der Waals surface area contributed by atoms with Crippen LogP contribution in [-0.4, -0.2) is 58.5 Å². The fourth-order valence-electron chi connectivity index (χ4n) is 3.33. The van der Waals surface area contributed by atoms with E-state index >= 15 is 0 Å². The van der Waals surface area contributed by atoms with Crippen LogP contribution < -0.4 is 4.74 Å². The van der Waals surface area contributed by atoms with E-state index in [1.807, 2.05) is 0 Å². The number of amides is 1. The van der Waals surface area contributed by atoms with E-state index in [-0.39, 0.29) is 24.8 Å². The zero-order valence-electron chi connectivity index (χ0n) is 17.5. The molecule has 2 aromatic rings. The molecular formula is C21H21F4N5O2. The Balaban J connectivity index is 1.88. The minimum Gasteiger partial charge on any atom is -0.489 e. The number of halogens is 4. The summed E-state index contributed by atoms with van der Waals surface area (Å²) in [6, 6.07) is 3.39. The van der Waals surface area contributed by atoms with E-state index in [0.717, 1.165) is 6.20 Å². The fraction of sp³-hybridized carbons (Fsp3) is 0.333. The van der Waals surface area contributed by atoms with Crippen LogP contribution in [-0.2, 0) is 6.54 Å². The number of ether oxygens (including phenoxy) is 1. The Hall–Kier alpha value is -3.50. The lowest BCUT2D eigenvalue weighted by Gasteiger charge is -2.21. The molecule has 0 aromatic carbocycles. The maximum atomic E-state index is 12.9. The molecule has 0 unspecified atom stereocenters. The summed E-state index contributed by atoms with van der Waals surface area (Å²) < 4.78 is 55.7. The smallest absolute Gasteiger partial charge is 0.408 e. The number of rotatable bonds is 8. The summed E-state index contributed by atoms with van der Waals surface area (Å²) in [7, 11) is 0. The van der Waals surface area contributed by atoms with Crippen LogP contribution in [0.5, 0.6) is 5.75 Å². The van der Waals surface area contributed by atoms with Crippen molar-refractivity contribution in [3.05, 3.63) is 53.2 Å². The highest BCUT2D eigenvalue weighted by atomic mass is 19.4. The van der Waals surface area contributed by atoms with E-state index in [2.05, 4.69) is 21.8 Å². The highest BCUT2D eigenvalue weighted by Crippen LogP contribution is 2.31. The summed E-state index contributed by atoms with van der Waals surface area (Å²) in [6.07, 6.45) is -0.324. The van der Waals surface area contributed by atoms with E-state index in [1.165, 1.54) is 18.0 Å². The van der Waals surface area contributed by atoms with Gasteiger partial charge in [-0.1, -0.05) is 0 Å². The maximum absolute atomic E-state index is 12.9. The number of hydrogen-bond acceptors (Lipinski definition) is 6. The van der Waals surface area contributed by atoms with Gasteiger partial charge in [0.25, 0.3) is 5.91 Å². The molecule has 170 valence electrons. The molecular weight excluding hydrogens is 430 g/mol. The number of aryl methyl sites for hydroxylation is 1. The van der Waals surface area contributed by atoms with E-state index in [4.69, 9.17) is 4.74 Å². The van der Waals surface area contributed by atoms with E-state index in [1.54, 1.807) is 25.3 Å². The second-order valence-electron chi connectivity index (χ2n) is 7.11. The van der Waals surface area contributed by atoms with Gasteiger partial charge in [-0.3, -0.25) is 19.8 Å². The largest absolute Gasteiger partial charge is 0.489 e. The van der Waals surface area contributed by atoms with Gasteiger partial charge in [-0.15, -0.1) is 0 Å². The van der Waals surface area contributed by atoms with E-state index in [9.17, 15) is 22.4 Å². The van der Waals surface area contributed by atoms with Gasteiger partial charge in [0.2, 0.25) is 0 Å². The average molecular weight is 451 g/mol. The molecule has 0 fully saturated rings. The van der Waals surface area contributed by atoms with Crippen LogP contribution >= 0.6 is 0 Å². The van der Waals surface area contributed by atoms with Crippen molar-refractivity contribution in [1.82, 2.24) is 19.9 Å². The molecule has 0 N–H and O–H groups in total. The number of alkyl halides is 4. The van der Waals surface area contributed by atoms with Crippen LogP contribution in [0.1, 0.15) is 28.5 Å². The first kappa shape index (κ1) is 23.2. The van der Waals surface area contributed by atoms with Gasteiger partial charge in [0.05, 0.1) is 29.7 Å². The molecule has 0 spiro atoms. The van der Waals surface area contributed by atoms with Gasteiger partial charge < -0.3 is 9.64 Å². The molecule has 7 nitrogen and oxygen atoms in total. The van der Waals surface area contributed by atoms with Crippen LogP contribution in [0.2, 0.25) is 0 Å². The van der Waals surface area contributed by atoms with Crippen molar-refractivity contribution < 1.29 is 27.1 Å². The first-order valence-electron chi connectivity index (χ1n) is 9.58. The molecule has 2 aromatic heterocycles. The van der Waals surface area contributed by atoms with Crippen LogP contribution in [0, 0.1) is 6.92 Å². The van der Waals surface area contributed by atoms with Crippen molar-refractivity contribution in [3.8, 4) is 17.0 Å². The normalized spacial score (nSPS) is 13.9. The Morgan fingerprint density at radius 2 is 2.12 bits per heavy atom. The van der Waals surface area contributed by atoms with Gasteiger partial charge in [0.15, 0.2) is 0 Å². The van der Waals surface area contributed by atoms with E-state index in [0.29, 0.717) is 38.8 Å². The van der Waals surface area contributed by atoms with Crippen molar-refractivity contribution in [2.75, 3.05) is 19.8 Å². The monoisotopic (exact) mass is 451 g/mol. The zero-order valence-corrected chi connectivity index (χ0v) is 17.5. The second kappa shape index (κ2) is 9.33. The molecule has 1 aliphatic rings. The Bertz CT molecular complexity index is 1050. The predicted octanol–water partition coefficient (Wildman–Crippen LogP) is 4.10. The van der Waals surface area contributed by atoms with Crippen LogP contribution in [0.25, 0.3) is 11.3 Å². The predicted molar refractivity (Wildman–Crippen MR) is 110 cm³/mol. The topological polar surface area (TPSA) is 70.9 Å². The second-order valence-corrected chi connectivity index (χ2v) is 7.11. The molecule has 0 atom stereocenters. The fourth-order valence-corrected chi connectivity index (χ4v) is 3.33. The average Bonchev–Trinajstić information content (AvgIpc) is 3.08. The third-order valence-electron chi connectivity index (χ3n) is 4.70. The third-order valence-corrected chi connectivity index (χ3v) is 4.70. The molecule has 32 heavy (non-hydrogen) atoms. The quantitative estimate of drug-likeness (QED) is 0.343. The van der Waals surface area contributed by atoms with Gasteiger partial charge in [-0.2, -0.15) is 18.3 Å². The van der Waals surface area contributed by atoms with Crippen molar-refractivity contribution in [1.29, 1.82) is 0 Å². The summed E-state index contributed by atoms with van der Waals surface area (Å²) in [5.74, 6) is 0.0257. The lowest BCUT2D eigenvalue weighted by molar-refractivity contribution is -0.140. The highest BCUT2D eigenvalue weighted by molar-refractivity contribution is 6.00. The number of aromatic nitrogens is 2. The van der Waals surface area contributed by atoms with Crippen LogP contribution in [0.4, 0.5) is 17.6 Å². The Kier molecular flexibility index (Phi) is 6.75. The zero-order chi connectivity index (χ0) is 23.5. The lowest BCUT2D eigenvalue weighted by Crippen LogP contribution is -2.29. The number of pyridine rings is 2. The maximum Gasteiger partial charge on any atom is 0.408 e. The Morgan fingerprint density at radius 3 is 2.78 bits per heavy atom. The van der Waals surface area contributed by atoms with Gasteiger partial charge in [0, 0.05) is 30.4 Å². The Morgan fingerprint density at radius 1 is 1.38 bits per heavy atom. The number of fused-ring (bicyclic) bond motifs is 1. The first-order valence-corrected chi connectivity index (χ1v) is 9.58. The summed E-state index contributed by atoms with van der Waals surface area (Å²) in [4.78, 5) is 22.9. The number of carbonyl (C=O) groups is 1. The Labute approximate surface area is 182 Å². The molecule has 1 amide bonds. The number of carbonyl (C=O) groups excluding carboxylic acids is 1. The van der Waals surface area contributed by atoms with Crippen molar-refractivity contribution in [2.45, 2.75) is 26.6 Å². The summed E-state index contributed by atoms with van der Waals surface area (Å²) in [6.45, 7) is 4.46. The third kappa shape index (κ3) is 5.21. The SMILES string of the molecule is C=NN(/C=C(\C)N1Cc2nc(-c3cncc(OCCF)c3)cc(C)c2C1=O)CC(F)(F)F. The standard InChI is InChI=1S/C21H21F4N5O2/c1-13-6-17(15-7-16(9-27-8-15)32-5-4-22)28-18-11-30(20(31)19(13)18)14(2)10-29(26-3)12-21(23,24)25/h6-10H,3-5,11-12H2,1-2H3/b14-10+. The highest BCUT2D eigenvalue weighted by Gasteiger charge is 2.33. The molecule has 1 aliphatic heterocycles. The number of nitrogens with zero attached hydrogens (tertiary/aromatic N) is 5. The lowest BCUT2D eigenvalue weighted by atomic mass is 10.1. The van der Waals surface area contributed by atoms with Gasteiger partial charge in [-0.05, 0) is 31.5 Å². The minimum absolute atomic E-state index is 0.0909. The van der Waals surface area contributed by atoms with Crippen molar-refractivity contribution in [3.63, 3.8) is 0 Å². The molecule has 3 heterocycles. The summed E-state index contributed by atoms with van der Waals surface area (Å²) >= 11 is 0. The first-order chi connectivity index (χ1) is 15.1. The molecule has 11 heteroatoms. The van der Waals surface area contributed by atoms with Gasteiger partial charge in [0.1, 0.15) is 25.6 Å². The molecule has 0 aliphatic carbocycles.